The van der Waals surface area contributed by atoms with Gasteiger partial charge in [0.15, 0.2) is 0 Å². The van der Waals surface area contributed by atoms with Crippen LogP contribution in [0.2, 0.25) is 0 Å². The van der Waals surface area contributed by atoms with Crippen LogP contribution in [0.15, 0.2) is 58.0 Å². The second-order valence-electron chi connectivity index (χ2n) is 5.68. The van der Waals surface area contributed by atoms with Crippen molar-refractivity contribution in [2.75, 3.05) is 7.11 Å². The van der Waals surface area contributed by atoms with Crippen LogP contribution in [0.5, 0.6) is 5.75 Å². The van der Waals surface area contributed by atoms with Crippen LogP contribution in [0, 0.1) is 6.92 Å². The maximum Gasteiger partial charge on any atom is 0.241 e. The second kappa shape index (κ2) is 7.63. The van der Waals surface area contributed by atoms with Gasteiger partial charge in [0.25, 0.3) is 0 Å². The van der Waals surface area contributed by atoms with Crippen LogP contribution in [0.3, 0.4) is 0 Å². The molecule has 0 bridgehead atoms. The van der Waals surface area contributed by atoms with Crippen molar-refractivity contribution in [2.24, 2.45) is 0 Å². The summed E-state index contributed by atoms with van der Waals surface area (Å²) in [6.45, 7) is 1.86. The minimum Gasteiger partial charge on any atom is -0.497 e. The highest BCUT2D eigenvalue weighted by Gasteiger charge is 2.19. The molecule has 0 aliphatic heterocycles. The van der Waals surface area contributed by atoms with Gasteiger partial charge in [0.2, 0.25) is 10.0 Å². The van der Waals surface area contributed by atoms with Crippen LogP contribution in [-0.4, -0.2) is 20.6 Å². The summed E-state index contributed by atoms with van der Waals surface area (Å²) < 4.78 is 38.0. The normalized spacial score (nSPS) is 12.9. The zero-order chi connectivity index (χ0) is 18.7. The van der Waals surface area contributed by atoms with E-state index in [4.69, 9.17) is 9.15 Å². The first-order chi connectivity index (χ1) is 12.4. The topological polar surface area (TPSA) is 88.8 Å². The third-order valence-electron chi connectivity index (χ3n) is 3.87. The average molecular weight is 393 g/mol. The molecule has 1 aromatic carbocycles. The van der Waals surface area contributed by atoms with E-state index >= 15 is 0 Å². The Morgan fingerprint density at radius 2 is 2.08 bits per heavy atom. The number of rotatable bonds is 7. The van der Waals surface area contributed by atoms with E-state index < -0.39 is 16.1 Å². The lowest BCUT2D eigenvalue weighted by atomic mass is 10.2. The Morgan fingerprint density at radius 3 is 2.73 bits per heavy atom. The largest absolute Gasteiger partial charge is 0.497 e. The number of furan rings is 1. The Hall–Kier alpha value is -2.13. The molecule has 1 unspecified atom stereocenters. The van der Waals surface area contributed by atoms with Crippen LogP contribution in [0.4, 0.5) is 0 Å². The first-order valence-electron chi connectivity index (χ1n) is 7.85. The van der Waals surface area contributed by atoms with Crippen LogP contribution in [0.25, 0.3) is 0 Å². The average Bonchev–Trinajstić information content (AvgIpc) is 3.31. The number of hydrogen-bond donors (Lipinski definition) is 2. The standard InChI is InChI=1S/C18H19NO5S2/c1-12-10-13(23-2)5-8-17(12)26(21,22)19-11-14-6-7-16(25-14)18(20)15-4-3-9-24-15/h3-10,18-20H,11H2,1-2H3. The molecule has 0 aliphatic rings. The number of methoxy groups -OCH3 is 1. The molecular weight excluding hydrogens is 374 g/mol. The van der Waals surface area contributed by atoms with Gasteiger partial charge in [-0.3, -0.25) is 0 Å². The fourth-order valence-electron chi connectivity index (χ4n) is 2.52. The maximum atomic E-state index is 12.5. The molecule has 0 saturated carbocycles. The highest BCUT2D eigenvalue weighted by Crippen LogP contribution is 2.29. The first kappa shape index (κ1) is 18.7. The van der Waals surface area contributed by atoms with E-state index in [0.29, 0.717) is 22.0 Å². The molecule has 0 aliphatic carbocycles. The Kier molecular flexibility index (Phi) is 5.47. The van der Waals surface area contributed by atoms with Crippen LogP contribution in [-0.2, 0) is 16.6 Å². The number of aryl methyl sites for hydroxylation is 1. The van der Waals surface area contributed by atoms with E-state index in [0.717, 1.165) is 4.88 Å². The highest BCUT2D eigenvalue weighted by molar-refractivity contribution is 7.89. The third-order valence-corrected chi connectivity index (χ3v) is 6.57. The molecule has 1 atom stereocenters. The van der Waals surface area contributed by atoms with Crippen LogP contribution < -0.4 is 9.46 Å². The number of sulfonamides is 1. The molecule has 3 aromatic rings. The summed E-state index contributed by atoms with van der Waals surface area (Å²) in [6, 6.07) is 11.8. The SMILES string of the molecule is COc1ccc(S(=O)(=O)NCc2ccc(C(O)c3ccco3)s2)c(C)c1. The van der Waals surface area contributed by atoms with E-state index in [1.807, 2.05) is 0 Å². The Balaban J connectivity index is 1.71. The molecule has 138 valence electrons. The minimum absolute atomic E-state index is 0.142. The lowest BCUT2D eigenvalue weighted by Gasteiger charge is -2.10. The molecule has 0 spiro atoms. The second-order valence-corrected chi connectivity index (χ2v) is 8.61. The summed E-state index contributed by atoms with van der Waals surface area (Å²) in [5.41, 5.74) is 0.608. The molecule has 8 heteroatoms. The van der Waals surface area contributed by atoms with Gasteiger partial charge in [0.05, 0.1) is 18.3 Å². The van der Waals surface area contributed by atoms with Crippen molar-refractivity contribution in [1.29, 1.82) is 0 Å². The van der Waals surface area contributed by atoms with Gasteiger partial charge in [-0.05, 0) is 55.0 Å². The molecular formula is C18H19NO5S2. The minimum atomic E-state index is -3.65. The molecule has 3 rings (SSSR count). The summed E-state index contributed by atoms with van der Waals surface area (Å²) in [6.07, 6.45) is 0.641. The quantitative estimate of drug-likeness (QED) is 0.643. The fraction of sp³-hybridized carbons (Fsp3) is 0.222. The molecule has 26 heavy (non-hydrogen) atoms. The Labute approximate surface area is 156 Å². The number of aliphatic hydroxyl groups is 1. The van der Waals surface area contributed by atoms with Crippen LogP contribution >= 0.6 is 11.3 Å². The predicted octanol–water partition coefficient (Wildman–Crippen LogP) is 3.22. The van der Waals surface area contributed by atoms with Gasteiger partial charge in [-0.25, -0.2) is 13.1 Å². The van der Waals surface area contributed by atoms with Gasteiger partial charge in [-0.1, -0.05) is 0 Å². The molecule has 0 saturated heterocycles. The van der Waals surface area contributed by atoms with Gasteiger partial charge < -0.3 is 14.3 Å². The number of nitrogens with one attached hydrogen (secondary N) is 1. The smallest absolute Gasteiger partial charge is 0.241 e. The maximum absolute atomic E-state index is 12.5. The van der Waals surface area contributed by atoms with Crippen LogP contribution in [0.1, 0.15) is 27.2 Å². The summed E-state index contributed by atoms with van der Waals surface area (Å²) in [5.74, 6) is 1.06. The van der Waals surface area contributed by atoms with E-state index in [9.17, 15) is 13.5 Å². The van der Waals surface area contributed by atoms with E-state index in [2.05, 4.69) is 4.72 Å². The van der Waals surface area contributed by atoms with E-state index in [1.165, 1.54) is 30.8 Å². The number of ether oxygens (including phenoxy) is 1. The Morgan fingerprint density at radius 1 is 1.27 bits per heavy atom. The van der Waals surface area contributed by atoms with Crippen molar-refractivity contribution in [2.45, 2.75) is 24.5 Å². The molecule has 2 N–H and O–H groups in total. The molecule has 2 heterocycles. The lowest BCUT2D eigenvalue weighted by molar-refractivity contribution is 0.193. The van der Waals surface area contributed by atoms with Crippen molar-refractivity contribution in [3.8, 4) is 5.75 Å². The zero-order valence-corrected chi connectivity index (χ0v) is 15.9. The fourth-order valence-corrected chi connectivity index (χ4v) is 4.79. The van der Waals surface area contributed by atoms with Gasteiger partial charge in [0, 0.05) is 16.3 Å². The van der Waals surface area contributed by atoms with Crippen molar-refractivity contribution in [3.05, 3.63) is 69.8 Å². The van der Waals surface area contributed by atoms with Crippen molar-refractivity contribution in [3.63, 3.8) is 0 Å². The first-order valence-corrected chi connectivity index (χ1v) is 10.1. The molecule has 0 fully saturated rings. The van der Waals surface area contributed by atoms with Gasteiger partial charge in [-0.15, -0.1) is 11.3 Å². The van der Waals surface area contributed by atoms with Gasteiger partial charge >= 0.3 is 0 Å². The molecule has 6 nitrogen and oxygen atoms in total. The van der Waals surface area contributed by atoms with Gasteiger partial charge in [0.1, 0.15) is 17.6 Å². The molecule has 0 radical (unpaired) electrons. The summed E-state index contributed by atoms with van der Waals surface area (Å²) >= 11 is 1.33. The van der Waals surface area contributed by atoms with Gasteiger partial charge in [-0.2, -0.15) is 0 Å². The molecule has 2 aromatic heterocycles. The monoisotopic (exact) mass is 393 g/mol. The van der Waals surface area contributed by atoms with E-state index in [1.54, 1.807) is 43.3 Å². The summed E-state index contributed by atoms with van der Waals surface area (Å²) in [5, 5.41) is 10.3. The summed E-state index contributed by atoms with van der Waals surface area (Å²) in [4.78, 5) is 1.70. The van der Waals surface area contributed by atoms with Crippen molar-refractivity contribution in [1.82, 2.24) is 4.72 Å². The lowest BCUT2D eigenvalue weighted by Crippen LogP contribution is -2.23. The third kappa shape index (κ3) is 3.99. The number of benzene rings is 1. The zero-order valence-electron chi connectivity index (χ0n) is 14.3. The van der Waals surface area contributed by atoms with Crippen molar-refractivity contribution < 1.29 is 22.7 Å². The number of aliphatic hydroxyl groups excluding tert-OH is 1. The predicted molar refractivity (Wildman–Crippen MR) is 98.8 cm³/mol. The summed E-state index contributed by atoms with van der Waals surface area (Å²) in [7, 11) is -2.11. The number of hydrogen-bond acceptors (Lipinski definition) is 6. The highest BCUT2D eigenvalue weighted by atomic mass is 32.2. The Bertz CT molecular complexity index is 977. The molecule has 0 amide bonds. The number of thiophene rings is 1. The van der Waals surface area contributed by atoms with E-state index in [-0.39, 0.29) is 11.4 Å². The van der Waals surface area contributed by atoms with Crippen molar-refractivity contribution >= 4 is 21.4 Å².